The van der Waals surface area contributed by atoms with Gasteiger partial charge in [-0.05, 0) is 31.2 Å². The van der Waals surface area contributed by atoms with Crippen molar-refractivity contribution in [2.75, 3.05) is 6.54 Å². The molecule has 3 heteroatoms. The summed E-state index contributed by atoms with van der Waals surface area (Å²) in [5, 5.41) is 3.55. The Kier molecular flexibility index (Phi) is 3.65. The van der Waals surface area contributed by atoms with E-state index in [1.54, 1.807) is 0 Å². The highest BCUT2D eigenvalue weighted by Crippen LogP contribution is 2.37. The summed E-state index contributed by atoms with van der Waals surface area (Å²) in [5.74, 6) is 0.766. The van der Waals surface area contributed by atoms with Crippen LogP contribution < -0.4 is 5.73 Å². The van der Waals surface area contributed by atoms with Crippen molar-refractivity contribution in [2.45, 2.75) is 51.9 Å². The summed E-state index contributed by atoms with van der Waals surface area (Å²) >= 11 is 1.83. The number of rotatable bonds is 5. The van der Waals surface area contributed by atoms with E-state index in [0.29, 0.717) is 5.41 Å². The van der Waals surface area contributed by atoms with Crippen molar-refractivity contribution in [1.29, 1.82) is 0 Å². The van der Waals surface area contributed by atoms with Gasteiger partial charge in [-0.2, -0.15) is 0 Å². The number of aromatic nitrogens is 1. The fourth-order valence-corrected chi connectivity index (χ4v) is 3.32. The molecule has 0 bridgehead atoms. The molecule has 0 unspecified atom stereocenters. The van der Waals surface area contributed by atoms with Crippen molar-refractivity contribution in [3.8, 4) is 0 Å². The Morgan fingerprint density at radius 2 is 2.25 bits per heavy atom. The maximum atomic E-state index is 5.64. The predicted octanol–water partition coefficient (Wildman–Crippen LogP) is 3.33. The molecule has 1 aliphatic rings. The number of thiazole rings is 1. The predicted molar refractivity (Wildman–Crippen MR) is 69.9 cm³/mol. The van der Waals surface area contributed by atoms with Crippen LogP contribution in [0.1, 0.15) is 56.2 Å². The van der Waals surface area contributed by atoms with Gasteiger partial charge in [-0.25, -0.2) is 4.98 Å². The van der Waals surface area contributed by atoms with Crippen LogP contribution in [0.4, 0.5) is 0 Å². The van der Waals surface area contributed by atoms with E-state index in [1.807, 2.05) is 11.3 Å². The first-order valence-electron chi connectivity index (χ1n) is 6.25. The van der Waals surface area contributed by atoms with Gasteiger partial charge in [-0.3, -0.25) is 0 Å². The maximum Gasteiger partial charge on any atom is 0.0933 e. The van der Waals surface area contributed by atoms with Crippen LogP contribution in [-0.2, 0) is 6.42 Å². The van der Waals surface area contributed by atoms with Gasteiger partial charge in [0.15, 0.2) is 0 Å². The first-order valence-corrected chi connectivity index (χ1v) is 7.13. The van der Waals surface area contributed by atoms with Crippen LogP contribution in [0.5, 0.6) is 0 Å². The maximum absolute atomic E-state index is 5.64. The normalized spacial score (nSPS) is 17.4. The van der Waals surface area contributed by atoms with Gasteiger partial charge < -0.3 is 5.73 Å². The smallest absolute Gasteiger partial charge is 0.0933 e. The first-order chi connectivity index (χ1) is 7.61. The molecule has 0 aromatic carbocycles. The lowest BCUT2D eigenvalue weighted by Crippen LogP contribution is -2.19. The SMILES string of the molecule is CC(C)(CCN)Cc1nc(C2CCC2)cs1. The second-order valence-corrected chi connectivity index (χ2v) is 6.62. The molecule has 0 spiro atoms. The number of hydrogen-bond acceptors (Lipinski definition) is 3. The highest BCUT2D eigenvalue weighted by atomic mass is 32.1. The molecule has 16 heavy (non-hydrogen) atoms. The Labute approximate surface area is 102 Å². The molecule has 1 saturated carbocycles. The van der Waals surface area contributed by atoms with E-state index in [-0.39, 0.29) is 0 Å². The molecule has 2 N–H and O–H groups in total. The minimum absolute atomic E-state index is 0.295. The van der Waals surface area contributed by atoms with Gasteiger partial charge in [0.2, 0.25) is 0 Å². The molecular formula is C13H22N2S. The van der Waals surface area contributed by atoms with Crippen molar-refractivity contribution >= 4 is 11.3 Å². The molecule has 1 aromatic heterocycles. The van der Waals surface area contributed by atoms with E-state index in [4.69, 9.17) is 10.7 Å². The van der Waals surface area contributed by atoms with E-state index in [1.165, 1.54) is 30.0 Å². The Hall–Kier alpha value is -0.410. The third kappa shape index (κ3) is 2.83. The topological polar surface area (TPSA) is 38.9 Å². The van der Waals surface area contributed by atoms with Crippen molar-refractivity contribution in [3.63, 3.8) is 0 Å². The minimum atomic E-state index is 0.295. The van der Waals surface area contributed by atoms with Gasteiger partial charge in [-0.15, -0.1) is 11.3 Å². The molecule has 0 atom stereocenters. The molecule has 0 saturated heterocycles. The summed E-state index contributed by atoms with van der Waals surface area (Å²) in [7, 11) is 0. The van der Waals surface area contributed by atoms with Crippen LogP contribution >= 0.6 is 11.3 Å². The van der Waals surface area contributed by atoms with Crippen LogP contribution in [-0.4, -0.2) is 11.5 Å². The lowest BCUT2D eigenvalue weighted by atomic mass is 9.83. The van der Waals surface area contributed by atoms with Gasteiger partial charge in [0.25, 0.3) is 0 Å². The fraction of sp³-hybridized carbons (Fsp3) is 0.769. The van der Waals surface area contributed by atoms with E-state index in [9.17, 15) is 0 Å². The van der Waals surface area contributed by atoms with E-state index in [0.717, 1.165) is 25.3 Å². The first kappa shape index (κ1) is 12.1. The second kappa shape index (κ2) is 4.84. The average Bonchev–Trinajstić information content (AvgIpc) is 2.48. The van der Waals surface area contributed by atoms with Gasteiger partial charge in [-0.1, -0.05) is 20.3 Å². The molecule has 1 aromatic rings. The molecule has 2 rings (SSSR count). The van der Waals surface area contributed by atoms with Gasteiger partial charge in [0.05, 0.1) is 10.7 Å². The second-order valence-electron chi connectivity index (χ2n) is 5.67. The van der Waals surface area contributed by atoms with Crippen molar-refractivity contribution in [3.05, 3.63) is 16.1 Å². The van der Waals surface area contributed by atoms with Crippen molar-refractivity contribution in [1.82, 2.24) is 4.98 Å². The number of hydrogen-bond donors (Lipinski definition) is 1. The third-order valence-electron chi connectivity index (χ3n) is 3.54. The number of nitrogens with two attached hydrogens (primary N) is 1. The van der Waals surface area contributed by atoms with Crippen LogP contribution in [0, 0.1) is 5.41 Å². The van der Waals surface area contributed by atoms with Crippen LogP contribution in [0.15, 0.2) is 5.38 Å². The molecule has 1 fully saturated rings. The largest absolute Gasteiger partial charge is 0.330 e. The summed E-state index contributed by atoms with van der Waals surface area (Å²) in [4.78, 5) is 4.78. The highest BCUT2D eigenvalue weighted by molar-refractivity contribution is 7.09. The molecule has 2 nitrogen and oxygen atoms in total. The Morgan fingerprint density at radius 3 is 2.81 bits per heavy atom. The molecule has 0 radical (unpaired) electrons. The Morgan fingerprint density at radius 1 is 1.50 bits per heavy atom. The van der Waals surface area contributed by atoms with E-state index >= 15 is 0 Å². The zero-order chi connectivity index (χ0) is 11.6. The molecule has 1 heterocycles. The summed E-state index contributed by atoms with van der Waals surface area (Å²) in [5.41, 5.74) is 7.27. The minimum Gasteiger partial charge on any atom is -0.330 e. The van der Waals surface area contributed by atoms with E-state index < -0.39 is 0 Å². The third-order valence-corrected chi connectivity index (χ3v) is 4.41. The molecular weight excluding hydrogens is 216 g/mol. The quantitative estimate of drug-likeness (QED) is 0.854. The highest BCUT2D eigenvalue weighted by Gasteiger charge is 2.24. The van der Waals surface area contributed by atoms with Gasteiger partial charge in [0, 0.05) is 17.7 Å². The van der Waals surface area contributed by atoms with Gasteiger partial charge >= 0.3 is 0 Å². The van der Waals surface area contributed by atoms with Crippen molar-refractivity contribution < 1.29 is 0 Å². The fourth-order valence-electron chi connectivity index (χ4n) is 2.19. The summed E-state index contributed by atoms with van der Waals surface area (Å²) in [6.45, 7) is 5.34. The summed E-state index contributed by atoms with van der Waals surface area (Å²) in [6, 6.07) is 0. The average molecular weight is 238 g/mol. The van der Waals surface area contributed by atoms with Crippen LogP contribution in [0.3, 0.4) is 0 Å². The lowest BCUT2D eigenvalue weighted by Gasteiger charge is -2.24. The standard InChI is InChI=1S/C13H22N2S/c1-13(2,6-7-14)8-12-15-11(9-16-12)10-4-3-5-10/h9-10H,3-8,14H2,1-2H3. The Balaban J connectivity index is 1.96. The zero-order valence-corrected chi connectivity index (χ0v) is 11.1. The lowest BCUT2D eigenvalue weighted by molar-refractivity contribution is 0.337. The monoisotopic (exact) mass is 238 g/mol. The summed E-state index contributed by atoms with van der Waals surface area (Å²) in [6.07, 6.45) is 6.22. The molecule has 0 amide bonds. The molecule has 90 valence electrons. The summed E-state index contributed by atoms with van der Waals surface area (Å²) < 4.78 is 0. The Bertz CT molecular complexity index is 339. The van der Waals surface area contributed by atoms with Crippen LogP contribution in [0.2, 0.25) is 0 Å². The molecule has 1 aliphatic carbocycles. The number of nitrogens with zero attached hydrogens (tertiary/aromatic N) is 1. The van der Waals surface area contributed by atoms with Crippen molar-refractivity contribution in [2.24, 2.45) is 11.1 Å². The molecule has 0 aliphatic heterocycles. The van der Waals surface area contributed by atoms with E-state index in [2.05, 4.69) is 19.2 Å². The van der Waals surface area contributed by atoms with Gasteiger partial charge in [0.1, 0.15) is 0 Å². The van der Waals surface area contributed by atoms with Crippen LogP contribution in [0.25, 0.3) is 0 Å². The zero-order valence-electron chi connectivity index (χ0n) is 10.3.